The zero-order valence-electron chi connectivity index (χ0n) is 16.5. The van der Waals surface area contributed by atoms with Crippen LogP contribution in [0.3, 0.4) is 0 Å². The molecule has 29 heavy (non-hydrogen) atoms. The van der Waals surface area contributed by atoms with E-state index in [2.05, 4.69) is 35.5 Å². The largest absolute Gasteiger partial charge is 0.350 e. The first-order chi connectivity index (χ1) is 13.9. The first-order valence-corrected chi connectivity index (χ1v) is 9.51. The van der Waals surface area contributed by atoms with Crippen molar-refractivity contribution in [3.8, 4) is 0 Å². The molecule has 10 nitrogen and oxygen atoms in total. The van der Waals surface area contributed by atoms with Crippen LogP contribution in [-0.4, -0.2) is 62.3 Å². The number of hydrogen-bond acceptors (Lipinski definition) is 7. The normalized spacial score (nSPS) is 19.1. The van der Waals surface area contributed by atoms with Crippen LogP contribution in [-0.2, 0) is 11.3 Å². The van der Waals surface area contributed by atoms with Crippen LogP contribution in [0.5, 0.6) is 0 Å². The van der Waals surface area contributed by atoms with Crippen LogP contribution in [0.15, 0.2) is 29.6 Å². The fourth-order valence-electron chi connectivity index (χ4n) is 3.37. The monoisotopic (exact) mass is 399 g/mol. The molecule has 154 valence electrons. The van der Waals surface area contributed by atoms with Gasteiger partial charge in [0.25, 0.3) is 11.5 Å². The lowest BCUT2D eigenvalue weighted by Crippen LogP contribution is -2.42. The number of nitrogens with zero attached hydrogens (tertiary/aromatic N) is 4. The quantitative estimate of drug-likeness (QED) is 0.585. The number of carbonyl (C=O) groups is 2. The van der Waals surface area contributed by atoms with Crippen LogP contribution in [0.25, 0.3) is 0 Å². The summed E-state index contributed by atoms with van der Waals surface area (Å²) in [5, 5.41) is 5.69. The summed E-state index contributed by atoms with van der Waals surface area (Å²) in [4.78, 5) is 52.4. The number of rotatable bonds is 7. The first kappa shape index (κ1) is 20.6. The minimum Gasteiger partial charge on any atom is -0.350 e. The lowest BCUT2D eigenvalue weighted by atomic mass is 10.1. The van der Waals surface area contributed by atoms with Gasteiger partial charge in [0.1, 0.15) is 5.69 Å². The summed E-state index contributed by atoms with van der Waals surface area (Å²) in [6.45, 7) is 2.52. The molecule has 1 aliphatic heterocycles. The minimum atomic E-state index is -0.252. The standard InChI is InChI=1S/C19H25N7O3/c1-12-7-21-16(10-20-12)19(29)23-9-15-4-3-14(26(15)2)6-18(28)22-8-13-5-17(27)25-11-24-13/h5,7,10-11,14-15H,3-4,6,8-9H2,1-2H3,(H,22,28)(H,23,29)(H,24,25,27)/t14-,15+/m1/s1. The van der Waals surface area contributed by atoms with Gasteiger partial charge < -0.3 is 15.6 Å². The molecule has 0 bridgehead atoms. The topological polar surface area (TPSA) is 133 Å². The Hall–Kier alpha value is -3.14. The molecule has 3 N–H and O–H groups in total. The van der Waals surface area contributed by atoms with E-state index in [1.165, 1.54) is 18.6 Å². The first-order valence-electron chi connectivity index (χ1n) is 9.51. The van der Waals surface area contributed by atoms with Crippen molar-refractivity contribution in [3.63, 3.8) is 0 Å². The molecule has 0 saturated carbocycles. The van der Waals surface area contributed by atoms with E-state index in [0.717, 1.165) is 18.5 Å². The van der Waals surface area contributed by atoms with Gasteiger partial charge in [-0.25, -0.2) is 9.97 Å². The third kappa shape index (κ3) is 5.67. The van der Waals surface area contributed by atoms with E-state index in [9.17, 15) is 14.4 Å². The Labute approximate surface area is 168 Å². The zero-order chi connectivity index (χ0) is 20.8. The molecule has 2 aromatic heterocycles. The van der Waals surface area contributed by atoms with Crippen molar-refractivity contribution in [1.29, 1.82) is 0 Å². The Morgan fingerprint density at radius 3 is 2.69 bits per heavy atom. The third-order valence-electron chi connectivity index (χ3n) is 5.12. The fourth-order valence-corrected chi connectivity index (χ4v) is 3.37. The van der Waals surface area contributed by atoms with Crippen LogP contribution in [0.4, 0.5) is 0 Å². The lowest BCUT2D eigenvalue weighted by Gasteiger charge is -2.25. The highest BCUT2D eigenvalue weighted by molar-refractivity contribution is 5.91. The van der Waals surface area contributed by atoms with Crippen molar-refractivity contribution >= 4 is 11.8 Å². The minimum absolute atomic E-state index is 0.0939. The number of likely N-dealkylation sites (tertiary alicyclic amines) is 1. The molecule has 0 aliphatic carbocycles. The second-order valence-corrected chi connectivity index (χ2v) is 7.19. The van der Waals surface area contributed by atoms with Crippen molar-refractivity contribution < 1.29 is 9.59 Å². The molecular formula is C19H25N7O3. The van der Waals surface area contributed by atoms with Crippen LogP contribution in [0.1, 0.15) is 41.1 Å². The lowest BCUT2D eigenvalue weighted by molar-refractivity contribution is -0.122. The molecule has 2 atom stereocenters. The molecular weight excluding hydrogens is 374 g/mol. The van der Waals surface area contributed by atoms with Crippen molar-refractivity contribution in [2.75, 3.05) is 13.6 Å². The summed E-state index contributed by atoms with van der Waals surface area (Å²) in [7, 11) is 1.96. The summed E-state index contributed by atoms with van der Waals surface area (Å²) < 4.78 is 0. The van der Waals surface area contributed by atoms with Crippen molar-refractivity contribution in [3.05, 3.63) is 52.2 Å². The zero-order valence-corrected chi connectivity index (χ0v) is 16.5. The molecule has 1 fully saturated rings. The number of carbonyl (C=O) groups excluding carboxylic acids is 2. The summed E-state index contributed by atoms with van der Waals surface area (Å²) >= 11 is 0. The van der Waals surface area contributed by atoms with Gasteiger partial charge >= 0.3 is 0 Å². The van der Waals surface area contributed by atoms with Crippen molar-refractivity contribution in [2.24, 2.45) is 0 Å². The number of likely N-dealkylation sites (N-methyl/N-ethyl adjacent to an activating group) is 1. The maximum absolute atomic E-state index is 12.3. The van der Waals surface area contributed by atoms with Crippen molar-refractivity contribution in [2.45, 2.75) is 44.8 Å². The van der Waals surface area contributed by atoms with Gasteiger partial charge in [-0.3, -0.25) is 24.3 Å². The van der Waals surface area contributed by atoms with Crippen LogP contribution in [0, 0.1) is 6.92 Å². The maximum atomic E-state index is 12.3. The maximum Gasteiger partial charge on any atom is 0.271 e. The molecule has 1 aliphatic rings. The molecule has 0 spiro atoms. The van der Waals surface area contributed by atoms with E-state index >= 15 is 0 Å². The van der Waals surface area contributed by atoms with Gasteiger partial charge in [-0.15, -0.1) is 0 Å². The SMILES string of the molecule is Cc1cnc(C(=O)NC[C@@H]2CC[C@H](CC(=O)NCc3cc(=O)[nH]cn3)N2C)cn1. The summed E-state index contributed by atoms with van der Waals surface area (Å²) in [6.07, 6.45) is 6.46. The number of hydrogen-bond donors (Lipinski definition) is 3. The van der Waals surface area contributed by atoms with E-state index in [1.807, 2.05) is 14.0 Å². The van der Waals surface area contributed by atoms with Crippen molar-refractivity contribution in [1.82, 2.24) is 35.5 Å². The van der Waals surface area contributed by atoms with Gasteiger partial charge in [0.15, 0.2) is 0 Å². The number of nitrogens with one attached hydrogen (secondary N) is 3. The van der Waals surface area contributed by atoms with E-state index in [0.29, 0.717) is 24.4 Å². The van der Waals surface area contributed by atoms with Gasteiger partial charge in [-0.2, -0.15) is 0 Å². The van der Waals surface area contributed by atoms with Gasteiger partial charge in [0, 0.05) is 37.3 Å². The molecule has 2 aromatic rings. The average molecular weight is 399 g/mol. The summed E-state index contributed by atoms with van der Waals surface area (Å²) in [5.41, 5.74) is 1.32. The Morgan fingerprint density at radius 1 is 1.17 bits per heavy atom. The molecule has 10 heteroatoms. The van der Waals surface area contributed by atoms with Crippen LogP contribution >= 0.6 is 0 Å². The Kier molecular flexibility index (Phi) is 6.65. The van der Waals surface area contributed by atoms with E-state index in [4.69, 9.17) is 0 Å². The fraction of sp³-hybridized carbons (Fsp3) is 0.474. The predicted octanol–water partition coefficient (Wildman–Crippen LogP) is -0.233. The third-order valence-corrected chi connectivity index (χ3v) is 5.12. The average Bonchev–Trinajstić information content (AvgIpc) is 3.04. The van der Waals surface area contributed by atoms with Crippen LogP contribution in [0.2, 0.25) is 0 Å². The molecule has 0 radical (unpaired) electrons. The summed E-state index contributed by atoms with van der Waals surface area (Å²) in [6, 6.07) is 1.62. The van der Waals surface area contributed by atoms with Crippen LogP contribution < -0.4 is 16.2 Å². The Morgan fingerprint density at radius 2 is 1.97 bits per heavy atom. The predicted molar refractivity (Wildman–Crippen MR) is 105 cm³/mol. The van der Waals surface area contributed by atoms with Gasteiger partial charge in [0.2, 0.25) is 5.91 Å². The Balaban J connectivity index is 1.43. The number of aryl methyl sites for hydroxylation is 1. The molecule has 0 aromatic carbocycles. The number of aromatic amines is 1. The molecule has 0 unspecified atom stereocenters. The number of amides is 2. The molecule has 1 saturated heterocycles. The number of aromatic nitrogens is 4. The highest BCUT2D eigenvalue weighted by Crippen LogP contribution is 2.24. The highest BCUT2D eigenvalue weighted by atomic mass is 16.2. The second kappa shape index (κ2) is 9.37. The van der Waals surface area contributed by atoms with Gasteiger partial charge in [-0.1, -0.05) is 0 Å². The smallest absolute Gasteiger partial charge is 0.271 e. The Bertz CT molecular complexity index is 913. The second-order valence-electron chi connectivity index (χ2n) is 7.19. The highest BCUT2D eigenvalue weighted by Gasteiger charge is 2.32. The van der Waals surface area contributed by atoms with Gasteiger partial charge in [0.05, 0.1) is 30.5 Å². The molecule has 3 heterocycles. The van der Waals surface area contributed by atoms with E-state index in [1.54, 1.807) is 6.20 Å². The summed E-state index contributed by atoms with van der Waals surface area (Å²) in [5.74, 6) is -0.346. The van der Waals surface area contributed by atoms with E-state index < -0.39 is 0 Å². The molecule has 3 rings (SSSR count). The molecule has 2 amide bonds. The van der Waals surface area contributed by atoms with Gasteiger partial charge in [-0.05, 0) is 26.8 Å². The number of H-pyrrole nitrogens is 1. The van der Waals surface area contributed by atoms with E-state index in [-0.39, 0.29) is 36.0 Å².